The molecule has 0 saturated carbocycles. The number of rotatable bonds is 2. The minimum absolute atomic E-state index is 0.0635. The maximum Gasteiger partial charge on any atom is 0.257 e. The summed E-state index contributed by atoms with van der Waals surface area (Å²) in [6.07, 6.45) is 3.65. The van der Waals surface area contributed by atoms with Gasteiger partial charge in [0, 0.05) is 6.20 Å². The fourth-order valence-corrected chi connectivity index (χ4v) is 2.59. The number of nitrogens with zero attached hydrogens (tertiary/aromatic N) is 2. The highest BCUT2D eigenvalue weighted by Gasteiger charge is 2.41. The van der Waals surface area contributed by atoms with E-state index in [0.29, 0.717) is 12.5 Å². The van der Waals surface area contributed by atoms with Crippen LogP contribution in [-0.2, 0) is 9.53 Å². The Hall–Kier alpha value is -1.42. The Morgan fingerprint density at radius 3 is 2.89 bits per heavy atom. The molecule has 4 nitrogen and oxygen atoms in total. The Kier molecular flexibility index (Phi) is 2.82. The van der Waals surface area contributed by atoms with Gasteiger partial charge in [0.05, 0.1) is 12.6 Å². The molecule has 3 heterocycles. The van der Waals surface area contributed by atoms with Crippen molar-refractivity contribution in [2.75, 3.05) is 11.4 Å². The summed E-state index contributed by atoms with van der Waals surface area (Å²) in [6.45, 7) is 4.91. The van der Waals surface area contributed by atoms with E-state index >= 15 is 0 Å². The molecule has 1 aromatic rings. The monoisotopic (exact) mass is 246 g/mol. The highest BCUT2D eigenvalue weighted by molar-refractivity contribution is 5.96. The number of hydrogen-bond donors (Lipinski definition) is 0. The van der Waals surface area contributed by atoms with Crippen molar-refractivity contribution in [1.82, 2.24) is 4.98 Å². The molecule has 0 N–H and O–H groups in total. The molecule has 2 saturated heterocycles. The molecule has 0 aliphatic carbocycles. The highest BCUT2D eigenvalue weighted by Crippen LogP contribution is 2.30. The van der Waals surface area contributed by atoms with Gasteiger partial charge in [-0.1, -0.05) is 19.9 Å². The van der Waals surface area contributed by atoms with Crippen molar-refractivity contribution in [2.24, 2.45) is 0 Å². The van der Waals surface area contributed by atoms with Gasteiger partial charge < -0.3 is 4.74 Å². The fourth-order valence-electron chi connectivity index (χ4n) is 2.59. The zero-order valence-electron chi connectivity index (χ0n) is 10.8. The van der Waals surface area contributed by atoms with Gasteiger partial charge >= 0.3 is 0 Å². The van der Waals surface area contributed by atoms with Gasteiger partial charge in [0.2, 0.25) is 0 Å². The summed E-state index contributed by atoms with van der Waals surface area (Å²) >= 11 is 0. The van der Waals surface area contributed by atoms with E-state index in [0.717, 1.165) is 18.7 Å². The lowest BCUT2D eigenvalue weighted by Gasteiger charge is -2.31. The first-order valence-electron chi connectivity index (χ1n) is 6.58. The minimum Gasteiger partial charge on any atom is -0.363 e. The maximum atomic E-state index is 12.2. The summed E-state index contributed by atoms with van der Waals surface area (Å²) in [5, 5.41) is 0. The van der Waals surface area contributed by atoms with Crippen LogP contribution in [0.15, 0.2) is 18.3 Å². The third-order valence-corrected chi connectivity index (χ3v) is 3.75. The summed E-state index contributed by atoms with van der Waals surface area (Å²) in [7, 11) is 0. The highest BCUT2D eigenvalue weighted by atomic mass is 16.5. The maximum absolute atomic E-state index is 12.2. The van der Waals surface area contributed by atoms with Crippen molar-refractivity contribution in [3.8, 4) is 0 Å². The molecular formula is C14H18N2O2. The molecule has 2 aliphatic rings. The average molecular weight is 246 g/mol. The second-order valence-electron chi connectivity index (χ2n) is 5.38. The molecule has 2 unspecified atom stereocenters. The van der Waals surface area contributed by atoms with Gasteiger partial charge in [-0.2, -0.15) is 0 Å². The smallest absolute Gasteiger partial charge is 0.257 e. The SMILES string of the molecule is CC(C)c1ccc(N2CC3CCC(O3)C2=O)nc1. The number of carbonyl (C=O) groups excluding carboxylic acids is 1. The lowest BCUT2D eigenvalue weighted by atomic mass is 10.1. The van der Waals surface area contributed by atoms with E-state index in [2.05, 4.69) is 24.9 Å². The van der Waals surface area contributed by atoms with E-state index in [9.17, 15) is 4.79 Å². The standard InChI is InChI=1S/C14H18N2O2/c1-9(2)10-3-6-13(15-7-10)16-8-11-4-5-12(18-11)14(16)17/h3,6-7,9,11-12H,4-5,8H2,1-2H3. The van der Waals surface area contributed by atoms with Crippen molar-refractivity contribution in [3.63, 3.8) is 0 Å². The molecule has 2 atom stereocenters. The number of morpholine rings is 1. The first-order valence-corrected chi connectivity index (χ1v) is 6.58. The van der Waals surface area contributed by atoms with Gasteiger partial charge in [-0.3, -0.25) is 9.69 Å². The summed E-state index contributed by atoms with van der Waals surface area (Å²) in [4.78, 5) is 18.4. The van der Waals surface area contributed by atoms with Crippen molar-refractivity contribution >= 4 is 11.7 Å². The van der Waals surface area contributed by atoms with Crippen LogP contribution < -0.4 is 4.90 Å². The van der Waals surface area contributed by atoms with Gasteiger partial charge in [0.15, 0.2) is 0 Å². The number of ether oxygens (including phenoxy) is 1. The van der Waals surface area contributed by atoms with Crippen LogP contribution in [0.1, 0.15) is 38.2 Å². The molecular weight excluding hydrogens is 228 g/mol. The van der Waals surface area contributed by atoms with Crippen LogP contribution in [0.2, 0.25) is 0 Å². The third kappa shape index (κ3) is 1.90. The fraction of sp³-hybridized carbons (Fsp3) is 0.571. The van der Waals surface area contributed by atoms with Crippen LogP contribution in [0.3, 0.4) is 0 Å². The number of anilines is 1. The lowest BCUT2D eigenvalue weighted by molar-refractivity contribution is -0.133. The Labute approximate surface area is 107 Å². The molecule has 0 aromatic carbocycles. The number of carbonyl (C=O) groups is 1. The second kappa shape index (κ2) is 4.35. The van der Waals surface area contributed by atoms with E-state index in [1.54, 1.807) is 4.90 Å². The van der Waals surface area contributed by atoms with Crippen molar-refractivity contribution in [2.45, 2.75) is 44.8 Å². The third-order valence-electron chi connectivity index (χ3n) is 3.75. The number of amides is 1. The first-order chi connectivity index (χ1) is 8.65. The zero-order chi connectivity index (χ0) is 12.7. The van der Waals surface area contributed by atoms with Crippen LogP contribution in [-0.4, -0.2) is 29.6 Å². The summed E-state index contributed by atoms with van der Waals surface area (Å²) in [6, 6.07) is 4.00. The van der Waals surface area contributed by atoms with E-state index in [1.165, 1.54) is 5.56 Å². The Morgan fingerprint density at radius 2 is 2.22 bits per heavy atom. The molecule has 4 heteroatoms. The molecule has 2 bridgehead atoms. The minimum atomic E-state index is -0.240. The Bertz CT molecular complexity index is 455. The number of pyridine rings is 1. The second-order valence-corrected chi connectivity index (χ2v) is 5.38. The zero-order valence-corrected chi connectivity index (χ0v) is 10.8. The van der Waals surface area contributed by atoms with Gasteiger partial charge in [0.25, 0.3) is 5.91 Å². The van der Waals surface area contributed by atoms with Crippen molar-refractivity contribution < 1.29 is 9.53 Å². The number of hydrogen-bond acceptors (Lipinski definition) is 3. The van der Waals surface area contributed by atoms with E-state index in [1.807, 2.05) is 12.3 Å². The number of fused-ring (bicyclic) bond motifs is 2. The quantitative estimate of drug-likeness (QED) is 0.802. The molecule has 96 valence electrons. The normalized spacial score (nSPS) is 27.1. The van der Waals surface area contributed by atoms with Crippen LogP contribution in [0.5, 0.6) is 0 Å². The van der Waals surface area contributed by atoms with Crippen LogP contribution in [0.25, 0.3) is 0 Å². The van der Waals surface area contributed by atoms with Gasteiger partial charge in [-0.25, -0.2) is 4.98 Å². The predicted octanol–water partition coefficient (Wildman–Crippen LogP) is 2.10. The molecule has 18 heavy (non-hydrogen) atoms. The van der Waals surface area contributed by atoms with Crippen LogP contribution in [0.4, 0.5) is 5.82 Å². The summed E-state index contributed by atoms with van der Waals surface area (Å²) in [5.74, 6) is 1.28. The van der Waals surface area contributed by atoms with Crippen LogP contribution >= 0.6 is 0 Å². The Balaban J connectivity index is 1.84. The average Bonchev–Trinajstić information content (AvgIpc) is 2.78. The first kappa shape index (κ1) is 11.7. The molecule has 1 aromatic heterocycles. The molecule has 1 amide bonds. The molecule has 3 rings (SSSR count). The lowest BCUT2D eigenvalue weighted by Crippen LogP contribution is -2.48. The topological polar surface area (TPSA) is 42.4 Å². The van der Waals surface area contributed by atoms with Gasteiger partial charge in [-0.15, -0.1) is 0 Å². The molecule has 0 radical (unpaired) electrons. The predicted molar refractivity (Wildman–Crippen MR) is 68.6 cm³/mol. The van der Waals surface area contributed by atoms with E-state index in [-0.39, 0.29) is 18.1 Å². The van der Waals surface area contributed by atoms with Crippen LogP contribution in [0, 0.1) is 0 Å². The van der Waals surface area contributed by atoms with E-state index in [4.69, 9.17) is 4.74 Å². The molecule has 2 fully saturated rings. The summed E-state index contributed by atoms with van der Waals surface area (Å²) < 4.78 is 5.60. The van der Waals surface area contributed by atoms with Crippen molar-refractivity contribution in [3.05, 3.63) is 23.9 Å². The molecule has 0 spiro atoms. The largest absolute Gasteiger partial charge is 0.363 e. The van der Waals surface area contributed by atoms with E-state index < -0.39 is 0 Å². The summed E-state index contributed by atoms with van der Waals surface area (Å²) in [5.41, 5.74) is 1.20. The van der Waals surface area contributed by atoms with Gasteiger partial charge in [-0.05, 0) is 30.4 Å². The number of aromatic nitrogens is 1. The molecule has 2 aliphatic heterocycles. The van der Waals surface area contributed by atoms with Crippen molar-refractivity contribution in [1.29, 1.82) is 0 Å². The van der Waals surface area contributed by atoms with Gasteiger partial charge in [0.1, 0.15) is 11.9 Å². The Morgan fingerprint density at radius 1 is 1.39 bits per heavy atom.